The van der Waals surface area contributed by atoms with Crippen LogP contribution in [0.2, 0.25) is 0 Å². The van der Waals surface area contributed by atoms with Crippen LogP contribution in [0.3, 0.4) is 0 Å². The lowest BCUT2D eigenvalue weighted by Gasteiger charge is -2.29. The summed E-state index contributed by atoms with van der Waals surface area (Å²) in [7, 11) is -3.15. The van der Waals surface area contributed by atoms with Gasteiger partial charge in [-0.2, -0.15) is 0 Å². The Morgan fingerprint density at radius 2 is 1.48 bits per heavy atom. The predicted molar refractivity (Wildman–Crippen MR) is 95.3 cm³/mol. The number of para-hydroxylation sites is 1. The summed E-state index contributed by atoms with van der Waals surface area (Å²) < 4.78 is 20.1. The van der Waals surface area contributed by atoms with Gasteiger partial charge in [-0.15, -0.1) is 0 Å². The Kier molecular flexibility index (Phi) is 3.18. The second-order valence-corrected chi connectivity index (χ2v) is 8.20. The van der Waals surface area contributed by atoms with Crippen LogP contribution < -0.4 is 15.1 Å². The summed E-state index contributed by atoms with van der Waals surface area (Å²) in [6.07, 6.45) is 0. The Bertz CT molecular complexity index is 959. The van der Waals surface area contributed by atoms with Crippen molar-refractivity contribution < 1.29 is 9.09 Å². The third kappa shape index (κ3) is 2.14. The maximum atomic E-state index is 14.0. The normalized spacial score (nSPS) is 18.7. The molecule has 3 heteroatoms. The summed E-state index contributed by atoms with van der Waals surface area (Å²) in [5.41, 5.74) is 4.08. The van der Waals surface area contributed by atoms with Crippen LogP contribution >= 0.6 is 7.37 Å². The van der Waals surface area contributed by atoms with E-state index in [2.05, 4.69) is 0 Å². The van der Waals surface area contributed by atoms with Gasteiger partial charge in [0.05, 0.1) is 10.6 Å². The van der Waals surface area contributed by atoms with Gasteiger partial charge in [-0.05, 0) is 43.2 Å². The first-order valence-corrected chi connectivity index (χ1v) is 9.28. The zero-order chi connectivity index (χ0) is 16.0. The molecule has 0 saturated carbocycles. The highest BCUT2D eigenvalue weighted by atomic mass is 31.2. The molecule has 0 saturated heterocycles. The highest BCUT2D eigenvalue weighted by Gasteiger charge is 2.38. The average molecular weight is 320 g/mol. The van der Waals surface area contributed by atoms with Crippen molar-refractivity contribution in [1.82, 2.24) is 0 Å². The maximum absolute atomic E-state index is 14.0. The van der Waals surface area contributed by atoms with Gasteiger partial charge in [0, 0.05) is 5.56 Å². The molecule has 0 spiro atoms. The first-order chi connectivity index (χ1) is 11.1. The zero-order valence-corrected chi connectivity index (χ0v) is 14.0. The summed E-state index contributed by atoms with van der Waals surface area (Å²) in [6.45, 7) is 4.00. The van der Waals surface area contributed by atoms with Crippen molar-refractivity contribution in [3.8, 4) is 16.9 Å². The van der Waals surface area contributed by atoms with Crippen molar-refractivity contribution in [2.45, 2.75) is 13.8 Å². The van der Waals surface area contributed by atoms with Crippen molar-refractivity contribution >= 4 is 18.0 Å². The summed E-state index contributed by atoms with van der Waals surface area (Å²) in [6, 6.07) is 21.7. The van der Waals surface area contributed by atoms with Crippen LogP contribution in [0.15, 0.2) is 66.7 Å². The highest BCUT2D eigenvalue weighted by molar-refractivity contribution is 7.75. The van der Waals surface area contributed by atoms with Crippen LogP contribution in [0, 0.1) is 13.8 Å². The van der Waals surface area contributed by atoms with Crippen molar-refractivity contribution in [3.05, 3.63) is 77.9 Å². The van der Waals surface area contributed by atoms with Gasteiger partial charge in [-0.1, -0.05) is 54.1 Å². The molecule has 1 unspecified atom stereocenters. The molecule has 0 fully saturated rings. The Balaban J connectivity index is 2.05. The van der Waals surface area contributed by atoms with E-state index in [9.17, 15) is 4.57 Å². The number of rotatable bonds is 1. The zero-order valence-electron chi connectivity index (χ0n) is 13.1. The van der Waals surface area contributed by atoms with E-state index in [0.29, 0.717) is 5.75 Å². The topological polar surface area (TPSA) is 26.3 Å². The van der Waals surface area contributed by atoms with E-state index in [0.717, 1.165) is 32.9 Å². The molecule has 1 aliphatic rings. The molecule has 0 N–H and O–H groups in total. The minimum atomic E-state index is -3.15. The number of fused-ring (bicyclic) bond motifs is 3. The molecule has 0 amide bonds. The fraction of sp³-hybridized carbons (Fsp3) is 0.100. The molecule has 1 aliphatic heterocycles. The summed E-state index contributed by atoms with van der Waals surface area (Å²) >= 11 is 0. The van der Waals surface area contributed by atoms with E-state index in [4.69, 9.17) is 4.52 Å². The molecule has 1 atom stereocenters. The molecule has 3 aromatic rings. The smallest absolute Gasteiger partial charge is 0.307 e. The van der Waals surface area contributed by atoms with Gasteiger partial charge in [0.15, 0.2) is 0 Å². The second-order valence-electron chi connectivity index (χ2n) is 5.95. The van der Waals surface area contributed by atoms with Crippen LogP contribution in [-0.4, -0.2) is 0 Å². The van der Waals surface area contributed by atoms with Gasteiger partial charge >= 0.3 is 7.37 Å². The fourth-order valence-corrected chi connectivity index (χ4v) is 5.73. The Morgan fingerprint density at radius 1 is 0.783 bits per heavy atom. The third-order valence-electron chi connectivity index (χ3n) is 4.31. The van der Waals surface area contributed by atoms with Gasteiger partial charge in [0.2, 0.25) is 0 Å². The molecule has 0 radical (unpaired) electrons. The van der Waals surface area contributed by atoms with Gasteiger partial charge in [-0.3, -0.25) is 4.57 Å². The van der Waals surface area contributed by atoms with E-state index in [1.54, 1.807) is 0 Å². The first-order valence-electron chi connectivity index (χ1n) is 7.66. The molecule has 1 heterocycles. The van der Waals surface area contributed by atoms with Crippen LogP contribution in [0.4, 0.5) is 0 Å². The van der Waals surface area contributed by atoms with Gasteiger partial charge < -0.3 is 4.52 Å². The van der Waals surface area contributed by atoms with E-state index < -0.39 is 7.37 Å². The second kappa shape index (κ2) is 5.11. The minimum absolute atomic E-state index is 0.690. The highest BCUT2D eigenvalue weighted by Crippen LogP contribution is 2.54. The molecule has 0 aromatic heterocycles. The molecular weight excluding hydrogens is 303 g/mol. The molecular formula is C20H17O2P. The molecule has 0 aliphatic carbocycles. The van der Waals surface area contributed by atoms with Crippen molar-refractivity contribution in [3.63, 3.8) is 0 Å². The van der Waals surface area contributed by atoms with Crippen molar-refractivity contribution in [2.75, 3.05) is 0 Å². The number of hydrogen-bond acceptors (Lipinski definition) is 2. The first kappa shape index (κ1) is 14.3. The predicted octanol–water partition coefficient (Wildman–Crippen LogP) is 4.59. The molecule has 0 bridgehead atoms. The molecule has 114 valence electrons. The maximum Gasteiger partial charge on any atom is 0.307 e. The van der Waals surface area contributed by atoms with Crippen molar-refractivity contribution in [2.24, 2.45) is 0 Å². The summed E-state index contributed by atoms with van der Waals surface area (Å²) in [5.74, 6) is 0.690. The minimum Gasteiger partial charge on any atom is -0.436 e. The fourth-order valence-electron chi connectivity index (χ4n) is 3.13. The SMILES string of the molecule is Cc1ccc(C)c(P2(=O)Oc3ccccc3-c3ccccc32)c1. The van der Waals surface area contributed by atoms with E-state index in [-0.39, 0.29) is 0 Å². The Hall–Kier alpha value is -2.31. The van der Waals surface area contributed by atoms with Gasteiger partial charge in [0.25, 0.3) is 0 Å². The van der Waals surface area contributed by atoms with Crippen LogP contribution in [0.1, 0.15) is 11.1 Å². The van der Waals surface area contributed by atoms with Crippen LogP contribution in [0.5, 0.6) is 5.75 Å². The summed E-state index contributed by atoms with van der Waals surface area (Å²) in [4.78, 5) is 0. The lowest BCUT2D eigenvalue weighted by atomic mass is 10.0. The molecule has 2 nitrogen and oxygen atoms in total. The third-order valence-corrected chi connectivity index (χ3v) is 6.90. The largest absolute Gasteiger partial charge is 0.436 e. The summed E-state index contributed by atoms with van der Waals surface area (Å²) in [5, 5.41) is 1.58. The Morgan fingerprint density at radius 3 is 2.30 bits per heavy atom. The number of benzene rings is 3. The number of aryl methyl sites for hydroxylation is 2. The lowest BCUT2D eigenvalue weighted by Crippen LogP contribution is -2.26. The van der Waals surface area contributed by atoms with Crippen LogP contribution in [-0.2, 0) is 4.57 Å². The quantitative estimate of drug-likeness (QED) is 0.613. The molecule has 23 heavy (non-hydrogen) atoms. The van der Waals surface area contributed by atoms with Crippen molar-refractivity contribution in [1.29, 1.82) is 0 Å². The monoisotopic (exact) mass is 320 g/mol. The molecule has 4 rings (SSSR count). The standard InChI is InChI=1S/C20H17O2P/c1-14-11-12-15(2)20(13-14)23(21)19-10-6-4-8-17(19)16-7-3-5-9-18(16)22-23/h3-13H,1-2H3. The number of hydrogen-bond donors (Lipinski definition) is 0. The molecule has 3 aromatic carbocycles. The van der Waals surface area contributed by atoms with Crippen LogP contribution in [0.25, 0.3) is 11.1 Å². The average Bonchev–Trinajstić information content (AvgIpc) is 2.57. The van der Waals surface area contributed by atoms with E-state index in [1.165, 1.54) is 0 Å². The van der Waals surface area contributed by atoms with E-state index in [1.807, 2.05) is 80.6 Å². The van der Waals surface area contributed by atoms with Gasteiger partial charge in [-0.25, -0.2) is 0 Å². The van der Waals surface area contributed by atoms with Gasteiger partial charge in [0.1, 0.15) is 5.75 Å². The van der Waals surface area contributed by atoms with E-state index >= 15 is 0 Å². The Labute approximate surface area is 136 Å². The lowest BCUT2D eigenvalue weighted by molar-refractivity contribution is 0.501.